The van der Waals surface area contributed by atoms with Crippen molar-refractivity contribution in [1.82, 2.24) is 0 Å². The molecule has 1 saturated heterocycles. The highest BCUT2D eigenvalue weighted by molar-refractivity contribution is 5.96. The van der Waals surface area contributed by atoms with Gasteiger partial charge < -0.3 is 14.7 Å². The molecule has 2 amide bonds. The van der Waals surface area contributed by atoms with Crippen LogP contribution in [0.25, 0.3) is 0 Å². The van der Waals surface area contributed by atoms with Crippen LogP contribution in [0.15, 0.2) is 18.2 Å². The number of amides is 2. The first-order valence-corrected chi connectivity index (χ1v) is 6.57. The van der Waals surface area contributed by atoms with Crippen LogP contribution in [0, 0.1) is 6.92 Å². The van der Waals surface area contributed by atoms with Gasteiger partial charge in [0.2, 0.25) is 5.91 Å². The molecular formula is C14H18N2O4. The Morgan fingerprint density at radius 1 is 1.50 bits per heavy atom. The van der Waals surface area contributed by atoms with Gasteiger partial charge in [0.05, 0.1) is 6.61 Å². The van der Waals surface area contributed by atoms with Crippen LogP contribution in [0.2, 0.25) is 0 Å². The SMILES string of the molecule is Cc1cc(NC(=O)OCCO)ccc1N1CCCC1=O. The Kier molecular flexibility index (Phi) is 4.57. The quantitative estimate of drug-likeness (QED) is 0.878. The molecular weight excluding hydrogens is 260 g/mol. The summed E-state index contributed by atoms with van der Waals surface area (Å²) >= 11 is 0. The molecule has 2 N–H and O–H groups in total. The van der Waals surface area contributed by atoms with Gasteiger partial charge in [0, 0.05) is 24.3 Å². The summed E-state index contributed by atoms with van der Waals surface area (Å²) in [6.45, 7) is 2.39. The van der Waals surface area contributed by atoms with Crippen molar-refractivity contribution in [1.29, 1.82) is 0 Å². The molecule has 6 heteroatoms. The van der Waals surface area contributed by atoms with Crippen molar-refractivity contribution in [3.63, 3.8) is 0 Å². The van der Waals surface area contributed by atoms with Gasteiger partial charge >= 0.3 is 6.09 Å². The number of anilines is 2. The molecule has 1 aliphatic heterocycles. The van der Waals surface area contributed by atoms with Crippen LogP contribution < -0.4 is 10.2 Å². The second-order valence-corrected chi connectivity index (χ2v) is 4.63. The number of carbonyl (C=O) groups excluding carboxylic acids is 2. The molecule has 1 aromatic rings. The number of benzene rings is 1. The number of nitrogens with one attached hydrogen (secondary N) is 1. The highest BCUT2D eigenvalue weighted by Gasteiger charge is 2.22. The lowest BCUT2D eigenvalue weighted by atomic mass is 10.1. The van der Waals surface area contributed by atoms with Gasteiger partial charge in [-0.1, -0.05) is 0 Å². The van der Waals surface area contributed by atoms with E-state index in [2.05, 4.69) is 5.32 Å². The fourth-order valence-electron chi connectivity index (χ4n) is 2.23. The minimum atomic E-state index is -0.608. The first-order chi connectivity index (χ1) is 9.61. The third kappa shape index (κ3) is 3.27. The van der Waals surface area contributed by atoms with E-state index in [4.69, 9.17) is 9.84 Å². The molecule has 108 valence electrons. The van der Waals surface area contributed by atoms with Crippen molar-refractivity contribution >= 4 is 23.4 Å². The van der Waals surface area contributed by atoms with E-state index in [-0.39, 0.29) is 19.1 Å². The van der Waals surface area contributed by atoms with Gasteiger partial charge in [0.25, 0.3) is 0 Å². The van der Waals surface area contributed by atoms with Crippen molar-refractivity contribution in [2.24, 2.45) is 0 Å². The van der Waals surface area contributed by atoms with Crippen LogP contribution in [0.5, 0.6) is 0 Å². The maximum absolute atomic E-state index is 11.7. The summed E-state index contributed by atoms with van der Waals surface area (Å²) in [7, 11) is 0. The fourth-order valence-corrected chi connectivity index (χ4v) is 2.23. The van der Waals surface area contributed by atoms with Crippen molar-refractivity contribution < 1.29 is 19.4 Å². The normalized spacial score (nSPS) is 14.5. The van der Waals surface area contributed by atoms with Crippen molar-refractivity contribution in [3.8, 4) is 0 Å². The Bertz CT molecular complexity index is 516. The first-order valence-electron chi connectivity index (χ1n) is 6.57. The summed E-state index contributed by atoms with van der Waals surface area (Å²) in [4.78, 5) is 24.9. The number of nitrogens with zero attached hydrogens (tertiary/aromatic N) is 1. The topological polar surface area (TPSA) is 78.9 Å². The highest BCUT2D eigenvalue weighted by atomic mass is 16.6. The van der Waals surface area contributed by atoms with Gasteiger partial charge in [-0.2, -0.15) is 0 Å². The van der Waals surface area contributed by atoms with Crippen molar-refractivity contribution in [2.75, 3.05) is 30.0 Å². The van der Waals surface area contributed by atoms with Crippen LogP contribution in [0.3, 0.4) is 0 Å². The lowest BCUT2D eigenvalue weighted by Crippen LogP contribution is -2.24. The Morgan fingerprint density at radius 3 is 2.90 bits per heavy atom. The Morgan fingerprint density at radius 2 is 2.30 bits per heavy atom. The van der Waals surface area contributed by atoms with E-state index in [0.29, 0.717) is 12.1 Å². The molecule has 1 aliphatic rings. The highest BCUT2D eigenvalue weighted by Crippen LogP contribution is 2.27. The third-order valence-corrected chi connectivity index (χ3v) is 3.13. The van der Waals surface area contributed by atoms with E-state index >= 15 is 0 Å². The fraction of sp³-hybridized carbons (Fsp3) is 0.429. The number of hydrogen-bond acceptors (Lipinski definition) is 4. The molecule has 6 nitrogen and oxygen atoms in total. The predicted octanol–water partition coefficient (Wildman–Crippen LogP) is 1.66. The molecule has 0 atom stereocenters. The Balaban J connectivity index is 2.06. The summed E-state index contributed by atoms with van der Waals surface area (Å²) in [5, 5.41) is 11.1. The summed E-state index contributed by atoms with van der Waals surface area (Å²) in [5.41, 5.74) is 2.39. The number of hydrogen-bond donors (Lipinski definition) is 2. The molecule has 1 fully saturated rings. The zero-order valence-corrected chi connectivity index (χ0v) is 11.4. The number of aliphatic hydroxyl groups is 1. The standard InChI is InChI=1S/C14H18N2O4/c1-10-9-11(15-14(19)20-8-7-17)4-5-12(10)16-6-2-3-13(16)18/h4-5,9,17H,2-3,6-8H2,1H3,(H,15,19). The molecule has 0 radical (unpaired) electrons. The van der Waals surface area contributed by atoms with Gasteiger partial charge in [0.1, 0.15) is 6.61 Å². The Hall–Kier alpha value is -2.08. The summed E-state index contributed by atoms with van der Waals surface area (Å²) < 4.78 is 4.72. The van der Waals surface area contributed by atoms with Crippen LogP contribution >= 0.6 is 0 Å². The summed E-state index contributed by atoms with van der Waals surface area (Å²) in [6, 6.07) is 5.34. The van der Waals surface area contributed by atoms with Gasteiger partial charge in [-0.15, -0.1) is 0 Å². The molecule has 0 unspecified atom stereocenters. The summed E-state index contributed by atoms with van der Waals surface area (Å²) in [6.07, 6.45) is 0.863. The van der Waals surface area contributed by atoms with E-state index in [1.54, 1.807) is 17.0 Å². The molecule has 0 saturated carbocycles. The molecule has 1 heterocycles. The minimum absolute atomic E-state index is 0.0365. The van der Waals surface area contributed by atoms with Crippen LogP contribution in [0.1, 0.15) is 18.4 Å². The average Bonchev–Trinajstić information content (AvgIpc) is 2.83. The minimum Gasteiger partial charge on any atom is -0.447 e. The average molecular weight is 278 g/mol. The first kappa shape index (κ1) is 14.3. The number of carbonyl (C=O) groups is 2. The largest absolute Gasteiger partial charge is 0.447 e. The lowest BCUT2D eigenvalue weighted by Gasteiger charge is -2.19. The zero-order valence-electron chi connectivity index (χ0n) is 11.4. The van der Waals surface area contributed by atoms with Gasteiger partial charge in [-0.25, -0.2) is 4.79 Å². The molecule has 0 aromatic heterocycles. The van der Waals surface area contributed by atoms with Crippen LogP contribution in [-0.4, -0.2) is 36.9 Å². The number of aryl methyl sites for hydroxylation is 1. The van der Waals surface area contributed by atoms with Crippen molar-refractivity contribution in [2.45, 2.75) is 19.8 Å². The zero-order chi connectivity index (χ0) is 14.5. The lowest BCUT2D eigenvalue weighted by molar-refractivity contribution is -0.117. The summed E-state index contributed by atoms with van der Waals surface area (Å²) in [5.74, 6) is 0.135. The second-order valence-electron chi connectivity index (χ2n) is 4.63. The van der Waals surface area contributed by atoms with E-state index in [1.165, 1.54) is 0 Å². The molecule has 0 bridgehead atoms. The second kappa shape index (κ2) is 6.38. The predicted molar refractivity (Wildman–Crippen MR) is 74.8 cm³/mol. The number of rotatable bonds is 4. The van der Waals surface area contributed by atoms with Gasteiger partial charge in [0.15, 0.2) is 0 Å². The van der Waals surface area contributed by atoms with Gasteiger partial charge in [-0.05, 0) is 37.1 Å². The molecule has 1 aromatic carbocycles. The maximum Gasteiger partial charge on any atom is 0.411 e. The maximum atomic E-state index is 11.7. The van der Waals surface area contributed by atoms with E-state index in [9.17, 15) is 9.59 Å². The molecule has 0 spiro atoms. The van der Waals surface area contributed by atoms with Gasteiger partial charge in [-0.3, -0.25) is 10.1 Å². The number of ether oxygens (including phenoxy) is 1. The molecule has 2 rings (SSSR count). The Labute approximate surface area is 117 Å². The van der Waals surface area contributed by atoms with E-state index in [0.717, 1.165) is 24.2 Å². The van der Waals surface area contributed by atoms with E-state index in [1.807, 2.05) is 13.0 Å². The van der Waals surface area contributed by atoms with E-state index < -0.39 is 6.09 Å². The number of aliphatic hydroxyl groups excluding tert-OH is 1. The van der Waals surface area contributed by atoms with Crippen LogP contribution in [-0.2, 0) is 9.53 Å². The third-order valence-electron chi connectivity index (χ3n) is 3.13. The molecule has 20 heavy (non-hydrogen) atoms. The monoisotopic (exact) mass is 278 g/mol. The van der Waals surface area contributed by atoms with Crippen molar-refractivity contribution in [3.05, 3.63) is 23.8 Å². The smallest absolute Gasteiger partial charge is 0.411 e. The van der Waals surface area contributed by atoms with Crippen LogP contribution in [0.4, 0.5) is 16.2 Å². The molecule has 0 aliphatic carbocycles.